The molecule has 1 saturated heterocycles. The highest BCUT2D eigenvalue weighted by atomic mass is 16.3. The molecule has 88 valence electrons. The van der Waals surface area contributed by atoms with Gasteiger partial charge in [-0.3, -0.25) is 4.79 Å². The Hall–Kier alpha value is -0.650. The molecule has 0 aromatic rings. The molecule has 1 aliphatic rings. The van der Waals surface area contributed by atoms with Crippen LogP contribution in [-0.2, 0) is 4.79 Å². The first-order valence-electron chi connectivity index (χ1n) is 5.30. The Morgan fingerprint density at radius 2 is 2.33 bits per heavy atom. The van der Waals surface area contributed by atoms with Crippen molar-refractivity contribution in [3.05, 3.63) is 0 Å². The van der Waals surface area contributed by atoms with Crippen molar-refractivity contribution in [2.24, 2.45) is 5.92 Å². The molecule has 4 N–H and O–H groups in total. The molecule has 0 bridgehead atoms. The van der Waals surface area contributed by atoms with Crippen LogP contribution in [0.5, 0.6) is 0 Å². The average Bonchev–Trinajstić information content (AvgIpc) is 2.61. The van der Waals surface area contributed by atoms with E-state index in [4.69, 9.17) is 5.11 Å². The number of hydrogen-bond donors (Lipinski definition) is 4. The van der Waals surface area contributed by atoms with Gasteiger partial charge in [-0.15, -0.1) is 0 Å². The third-order valence-electron chi connectivity index (χ3n) is 2.85. The fraction of sp³-hybridized carbons (Fsp3) is 0.900. The van der Waals surface area contributed by atoms with Gasteiger partial charge in [-0.05, 0) is 26.8 Å². The Bertz CT molecular complexity index is 231. The first-order chi connectivity index (χ1) is 6.96. The molecule has 0 aromatic carbocycles. The smallest absolute Gasteiger partial charge is 0.224 e. The van der Waals surface area contributed by atoms with E-state index in [1.54, 1.807) is 0 Å². The van der Waals surface area contributed by atoms with E-state index in [9.17, 15) is 9.90 Å². The minimum Gasteiger partial charge on any atom is -0.393 e. The Kier molecular flexibility index (Phi) is 4.07. The van der Waals surface area contributed by atoms with Gasteiger partial charge in [-0.25, -0.2) is 0 Å². The van der Waals surface area contributed by atoms with Crippen LogP contribution < -0.4 is 10.6 Å². The number of rotatable bonds is 4. The zero-order chi connectivity index (χ0) is 11.5. The quantitative estimate of drug-likeness (QED) is 0.478. The molecule has 0 spiro atoms. The lowest BCUT2D eigenvalue weighted by Crippen LogP contribution is -2.46. The molecule has 0 saturated carbocycles. The summed E-state index contributed by atoms with van der Waals surface area (Å²) in [5.74, 6) is -0.0827. The Balaban J connectivity index is 2.36. The van der Waals surface area contributed by atoms with Crippen molar-refractivity contribution in [2.75, 3.05) is 19.7 Å². The summed E-state index contributed by atoms with van der Waals surface area (Å²) in [6.45, 7) is 4.05. The van der Waals surface area contributed by atoms with Gasteiger partial charge in [-0.2, -0.15) is 0 Å². The molecule has 0 radical (unpaired) electrons. The number of nitrogens with one attached hydrogen (secondary N) is 2. The first kappa shape index (κ1) is 12.4. The van der Waals surface area contributed by atoms with Crippen LogP contribution in [0.4, 0.5) is 0 Å². The Morgan fingerprint density at radius 3 is 2.80 bits per heavy atom. The molecule has 1 amide bonds. The van der Waals surface area contributed by atoms with Gasteiger partial charge in [-0.1, -0.05) is 0 Å². The van der Waals surface area contributed by atoms with Crippen LogP contribution in [0.15, 0.2) is 0 Å². The summed E-state index contributed by atoms with van der Waals surface area (Å²) in [7, 11) is 0. The second-order valence-electron chi connectivity index (χ2n) is 4.51. The van der Waals surface area contributed by atoms with Crippen molar-refractivity contribution < 1.29 is 15.0 Å². The van der Waals surface area contributed by atoms with Crippen molar-refractivity contribution in [2.45, 2.75) is 31.9 Å². The van der Waals surface area contributed by atoms with Crippen molar-refractivity contribution >= 4 is 5.91 Å². The molecule has 1 aliphatic heterocycles. The second kappa shape index (κ2) is 4.92. The lowest BCUT2D eigenvalue weighted by molar-refractivity contribution is -0.126. The van der Waals surface area contributed by atoms with Crippen LogP contribution in [0.1, 0.15) is 20.3 Å². The highest BCUT2D eigenvalue weighted by Crippen LogP contribution is 2.15. The van der Waals surface area contributed by atoms with E-state index in [1.165, 1.54) is 6.92 Å². The number of aliphatic hydroxyl groups excluding tert-OH is 1. The van der Waals surface area contributed by atoms with E-state index in [2.05, 4.69) is 10.6 Å². The number of hydrogen-bond acceptors (Lipinski definition) is 4. The van der Waals surface area contributed by atoms with E-state index in [1.807, 2.05) is 6.92 Å². The van der Waals surface area contributed by atoms with E-state index in [-0.39, 0.29) is 31.0 Å². The van der Waals surface area contributed by atoms with Crippen LogP contribution in [0.3, 0.4) is 0 Å². The van der Waals surface area contributed by atoms with E-state index >= 15 is 0 Å². The van der Waals surface area contributed by atoms with Gasteiger partial charge >= 0.3 is 0 Å². The molecule has 15 heavy (non-hydrogen) atoms. The maximum atomic E-state index is 11.7. The lowest BCUT2D eigenvalue weighted by Gasteiger charge is -2.22. The third kappa shape index (κ3) is 3.44. The van der Waals surface area contributed by atoms with E-state index < -0.39 is 5.60 Å². The summed E-state index contributed by atoms with van der Waals surface area (Å²) in [5, 5.41) is 24.2. The van der Waals surface area contributed by atoms with Crippen LogP contribution in [0.25, 0.3) is 0 Å². The summed E-state index contributed by atoms with van der Waals surface area (Å²) in [4.78, 5) is 11.7. The molecule has 0 aliphatic carbocycles. The maximum Gasteiger partial charge on any atom is 0.224 e. The largest absolute Gasteiger partial charge is 0.393 e. The van der Waals surface area contributed by atoms with Gasteiger partial charge < -0.3 is 20.8 Å². The van der Waals surface area contributed by atoms with E-state index in [0.29, 0.717) is 0 Å². The topological polar surface area (TPSA) is 81.6 Å². The molecule has 3 atom stereocenters. The van der Waals surface area contributed by atoms with Crippen molar-refractivity contribution in [1.29, 1.82) is 0 Å². The average molecular weight is 216 g/mol. The van der Waals surface area contributed by atoms with Gasteiger partial charge in [0.1, 0.15) is 5.60 Å². The van der Waals surface area contributed by atoms with Crippen molar-refractivity contribution in [3.8, 4) is 0 Å². The molecule has 0 aromatic heterocycles. The van der Waals surface area contributed by atoms with Crippen LogP contribution in [0, 0.1) is 5.92 Å². The minimum atomic E-state index is -1.23. The lowest BCUT2D eigenvalue weighted by atomic mass is 10.0. The van der Waals surface area contributed by atoms with Crippen molar-refractivity contribution in [1.82, 2.24) is 10.6 Å². The van der Waals surface area contributed by atoms with Crippen LogP contribution >= 0.6 is 0 Å². The van der Waals surface area contributed by atoms with E-state index in [0.717, 1.165) is 13.0 Å². The summed E-state index contributed by atoms with van der Waals surface area (Å²) >= 11 is 0. The molecule has 1 rings (SSSR count). The number of amides is 1. The molecule has 5 nitrogen and oxygen atoms in total. The molecular weight excluding hydrogens is 196 g/mol. The normalized spacial score (nSPS) is 29.9. The SMILES string of the molecule is CC1NCCC1C(=O)NCC(C)(O)CO. The summed E-state index contributed by atoms with van der Waals surface area (Å²) in [6, 6.07) is 0.184. The highest BCUT2D eigenvalue weighted by molar-refractivity contribution is 5.79. The van der Waals surface area contributed by atoms with Crippen LogP contribution in [-0.4, -0.2) is 47.5 Å². The van der Waals surface area contributed by atoms with Gasteiger partial charge in [0.05, 0.1) is 12.5 Å². The fourth-order valence-corrected chi connectivity index (χ4v) is 1.68. The number of carbonyl (C=O) groups is 1. The zero-order valence-electron chi connectivity index (χ0n) is 9.29. The van der Waals surface area contributed by atoms with Crippen LogP contribution in [0.2, 0.25) is 0 Å². The summed E-state index contributed by atoms with van der Waals surface area (Å²) < 4.78 is 0. The number of aliphatic hydroxyl groups is 2. The molecule has 3 unspecified atom stereocenters. The van der Waals surface area contributed by atoms with Gasteiger partial charge in [0.2, 0.25) is 5.91 Å². The fourth-order valence-electron chi connectivity index (χ4n) is 1.68. The zero-order valence-corrected chi connectivity index (χ0v) is 9.29. The Labute approximate surface area is 89.9 Å². The van der Waals surface area contributed by atoms with Gasteiger partial charge in [0.15, 0.2) is 0 Å². The first-order valence-corrected chi connectivity index (χ1v) is 5.30. The molecular formula is C10H20N2O3. The Morgan fingerprint density at radius 1 is 1.67 bits per heavy atom. The summed E-state index contributed by atoms with van der Waals surface area (Å²) in [5.41, 5.74) is -1.23. The molecule has 1 heterocycles. The van der Waals surface area contributed by atoms with Crippen molar-refractivity contribution in [3.63, 3.8) is 0 Å². The number of carbonyl (C=O) groups excluding carboxylic acids is 1. The molecule has 5 heteroatoms. The highest BCUT2D eigenvalue weighted by Gasteiger charge is 2.30. The third-order valence-corrected chi connectivity index (χ3v) is 2.85. The maximum absolute atomic E-state index is 11.7. The molecule has 1 fully saturated rings. The van der Waals surface area contributed by atoms with Gasteiger partial charge in [0.25, 0.3) is 0 Å². The second-order valence-corrected chi connectivity index (χ2v) is 4.51. The van der Waals surface area contributed by atoms with Gasteiger partial charge in [0, 0.05) is 12.6 Å². The monoisotopic (exact) mass is 216 g/mol. The minimum absolute atomic E-state index is 0.0282. The predicted octanol–water partition coefficient (Wildman–Crippen LogP) is -1.16. The summed E-state index contributed by atoms with van der Waals surface area (Å²) in [6.07, 6.45) is 0.828. The predicted molar refractivity (Wildman–Crippen MR) is 56.3 cm³/mol. The standard InChI is InChI=1S/C10H20N2O3/c1-7-8(3-4-11-7)9(14)12-5-10(2,15)6-13/h7-8,11,13,15H,3-6H2,1-2H3,(H,12,14).